The van der Waals surface area contributed by atoms with E-state index in [9.17, 15) is 15.0 Å². The molecule has 0 radical (unpaired) electrons. The molecule has 2 unspecified atom stereocenters. The number of aryl methyl sites for hydroxylation is 4. The van der Waals surface area contributed by atoms with E-state index in [1.54, 1.807) is 6.92 Å². The summed E-state index contributed by atoms with van der Waals surface area (Å²) in [5.41, 5.74) is 12.8. The molecule has 2 atom stereocenters. The quantitative estimate of drug-likeness (QED) is 0.0460. The highest BCUT2D eigenvalue weighted by Gasteiger charge is 2.29. The van der Waals surface area contributed by atoms with Gasteiger partial charge < -0.3 is 19.7 Å². The summed E-state index contributed by atoms with van der Waals surface area (Å²) in [6.45, 7) is 18.3. The van der Waals surface area contributed by atoms with Gasteiger partial charge in [-0.05, 0) is 146 Å². The molecule has 0 saturated heterocycles. The minimum atomic E-state index is -1.01. The van der Waals surface area contributed by atoms with E-state index in [-0.39, 0.29) is 18.1 Å². The number of ether oxygens (including phenoxy) is 2. The lowest BCUT2D eigenvalue weighted by Crippen LogP contribution is -2.28. The first-order valence-corrected chi connectivity index (χ1v) is 18.8. The van der Waals surface area contributed by atoms with Crippen LogP contribution in [-0.2, 0) is 27.1 Å². The standard InChI is InChI=1S/C45H60O5/c1-8-10-11-12-35-13-18-39(25-31(35)5)43-22-20-40(27-34(43)9-2)42-21-19-38(26-32(42)6)36-14-16-37(17-15-36)41(29-50-44(47)30(3)4)23-24-49-45(48)33(7)28-46/h13,18-22,25-27,36-37,41,44,46-47H,3,7-12,14-17,23-24,28-29H2,1-2,4-6H3. The largest absolute Gasteiger partial charge is 0.462 e. The van der Waals surface area contributed by atoms with Crippen LogP contribution in [0.4, 0.5) is 0 Å². The fourth-order valence-corrected chi connectivity index (χ4v) is 7.52. The summed E-state index contributed by atoms with van der Waals surface area (Å²) in [6.07, 6.45) is 9.80. The number of unbranched alkanes of at least 4 members (excludes halogenated alkanes) is 2. The van der Waals surface area contributed by atoms with Crippen molar-refractivity contribution >= 4 is 5.97 Å². The summed E-state index contributed by atoms with van der Waals surface area (Å²) in [5.74, 6) is 0.453. The van der Waals surface area contributed by atoms with Crippen molar-refractivity contribution in [1.82, 2.24) is 0 Å². The molecule has 1 saturated carbocycles. The SMILES string of the molecule is C=C(CO)C(=O)OCCC(COC(O)C(=C)C)C1CCC(c2ccc(-c3ccc(-c4ccc(CCCCC)c(C)c4)c(CC)c3)c(C)c2)CC1. The maximum atomic E-state index is 12.0. The Morgan fingerprint density at radius 1 is 0.880 bits per heavy atom. The molecule has 1 aliphatic carbocycles. The number of esters is 1. The van der Waals surface area contributed by atoms with E-state index in [2.05, 4.69) is 95.5 Å². The lowest BCUT2D eigenvalue weighted by atomic mass is 9.73. The minimum Gasteiger partial charge on any atom is -0.462 e. The number of aliphatic hydroxyl groups excluding tert-OH is 2. The molecule has 270 valence electrons. The monoisotopic (exact) mass is 680 g/mol. The smallest absolute Gasteiger partial charge is 0.335 e. The van der Waals surface area contributed by atoms with Crippen molar-refractivity contribution in [2.75, 3.05) is 19.8 Å². The first-order chi connectivity index (χ1) is 24.1. The molecule has 4 rings (SSSR count). The molecule has 2 N–H and O–H groups in total. The van der Waals surface area contributed by atoms with E-state index in [1.165, 1.54) is 69.3 Å². The van der Waals surface area contributed by atoms with Crippen LogP contribution in [0.25, 0.3) is 22.3 Å². The third-order valence-electron chi connectivity index (χ3n) is 10.8. The number of carbonyl (C=O) groups excluding carboxylic acids is 1. The lowest BCUT2D eigenvalue weighted by Gasteiger charge is -2.34. The molecule has 0 aromatic heterocycles. The lowest BCUT2D eigenvalue weighted by molar-refractivity contribution is -0.140. The number of aliphatic hydroxyl groups is 2. The minimum absolute atomic E-state index is 0.0499. The van der Waals surface area contributed by atoms with Crippen LogP contribution in [0.1, 0.15) is 106 Å². The predicted molar refractivity (Wildman–Crippen MR) is 206 cm³/mol. The molecule has 0 bridgehead atoms. The molecule has 1 fully saturated rings. The van der Waals surface area contributed by atoms with Gasteiger partial charge >= 0.3 is 5.97 Å². The number of hydrogen-bond acceptors (Lipinski definition) is 5. The van der Waals surface area contributed by atoms with Gasteiger partial charge in [-0.1, -0.05) is 94.4 Å². The number of rotatable bonds is 18. The first kappa shape index (κ1) is 39.3. The van der Waals surface area contributed by atoms with Crippen LogP contribution < -0.4 is 0 Å². The Kier molecular flexibility index (Phi) is 15.1. The van der Waals surface area contributed by atoms with Gasteiger partial charge in [0.15, 0.2) is 6.29 Å². The highest BCUT2D eigenvalue weighted by molar-refractivity contribution is 5.87. The number of hydrogen-bond donors (Lipinski definition) is 2. The molecule has 3 aromatic carbocycles. The molecule has 0 spiro atoms. The van der Waals surface area contributed by atoms with E-state index in [0.717, 1.165) is 38.5 Å². The van der Waals surface area contributed by atoms with Crippen molar-refractivity contribution < 1.29 is 24.5 Å². The van der Waals surface area contributed by atoms with Crippen LogP contribution in [0.2, 0.25) is 0 Å². The summed E-state index contributed by atoms with van der Waals surface area (Å²) in [4.78, 5) is 12.0. The molecular weight excluding hydrogens is 620 g/mol. The predicted octanol–water partition coefficient (Wildman–Crippen LogP) is 10.2. The average Bonchev–Trinajstić information content (AvgIpc) is 3.12. The summed E-state index contributed by atoms with van der Waals surface area (Å²) in [7, 11) is 0. The second-order valence-electron chi connectivity index (χ2n) is 14.5. The van der Waals surface area contributed by atoms with Crippen LogP contribution in [0.3, 0.4) is 0 Å². The van der Waals surface area contributed by atoms with E-state index >= 15 is 0 Å². The van der Waals surface area contributed by atoms with Crippen molar-refractivity contribution in [3.63, 3.8) is 0 Å². The van der Waals surface area contributed by atoms with Gasteiger partial charge in [0, 0.05) is 0 Å². The zero-order chi connectivity index (χ0) is 36.2. The van der Waals surface area contributed by atoms with E-state index in [0.29, 0.717) is 30.4 Å². The van der Waals surface area contributed by atoms with Crippen LogP contribution >= 0.6 is 0 Å². The molecule has 0 aliphatic heterocycles. The second kappa shape index (κ2) is 19.2. The molecule has 3 aromatic rings. The number of carbonyl (C=O) groups is 1. The molecule has 5 heteroatoms. The van der Waals surface area contributed by atoms with Crippen molar-refractivity contribution in [3.8, 4) is 22.3 Å². The summed E-state index contributed by atoms with van der Waals surface area (Å²) in [6, 6.07) is 21.0. The molecule has 0 heterocycles. The second-order valence-corrected chi connectivity index (χ2v) is 14.5. The van der Waals surface area contributed by atoms with Gasteiger partial charge in [-0.2, -0.15) is 0 Å². The molecular formula is C45H60O5. The summed E-state index contributed by atoms with van der Waals surface area (Å²) in [5, 5.41) is 19.4. The maximum Gasteiger partial charge on any atom is 0.335 e. The van der Waals surface area contributed by atoms with E-state index < -0.39 is 18.9 Å². The fourth-order valence-electron chi connectivity index (χ4n) is 7.52. The number of benzene rings is 3. The topological polar surface area (TPSA) is 76.0 Å². The molecule has 1 aliphatic rings. The van der Waals surface area contributed by atoms with Gasteiger partial charge in [0.05, 0.1) is 25.4 Å². The van der Waals surface area contributed by atoms with Gasteiger partial charge in [-0.3, -0.25) is 0 Å². The van der Waals surface area contributed by atoms with Crippen LogP contribution in [0.5, 0.6) is 0 Å². The highest BCUT2D eigenvalue weighted by Crippen LogP contribution is 2.41. The van der Waals surface area contributed by atoms with Gasteiger partial charge in [0.25, 0.3) is 0 Å². The van der Waals surface area contributed by atoms with Gasteiger partial charge in [-0.15, -0.1) is 0 Å². The molecule has 50 heavy (non-hydrogen) atoms. The van der Waals surface area contributed by atoms with Gasteiger partial charge in [0.2, 0.25) is 0 Å². The van der Waals surface area contributed by atoms with Crippen LogP contribution in [0.15, 0.2) is 78.9 Å². The van der Waals surface area contributed by atoms with E-state index in [4.69, 9.17) is 9.47 Å². The Morgan fingerprint density at radius 3 is 2.22 bits per heavy atom. The Bertz CT molecular complexity index is 1590. The van der Waals surface area contributed by atoms with Crippen molar-refractivity contribution in [2.45, 2.75) is 111 Å². The fraction of sp³-hybridized carbons (Fsp3) is 0.489. The summed E-state index contributed by atoms with van der Waals surface area (Å²) < 4.78 is 11.1. The van der Waals surface area contributed by atoms with Gasteiger partial charge in [-0.25, -0.2) is 4.79 Å². The van der Waals surface area contributed by atoms with Crippen molar-refractivity contribution in [3.05, 3.63) is 107 Å². The normalized spacial score (nSPS) is 17.3. The third-order valence-corrected chi connectivity index (χ3v) is 10.8. The van der Waals surface area contributed by atoms with E-state index in [1.807, 2.05) is 0 Å². The van der Waals surface area contributed by atoms with Gasteiger partial charge in [0.1, 0.15) is 0 Å². The highest BCUT2D eigenvalue weighted by atomic mass is 16.6. The van der Waals surface area contributed by atoms with Crippen LogP contribution in [-0.4, -0.2) is 42.3 Å². The summed E-state index contributed by atoms with van der Waals surface area (Å²) >= 11 is 0. The molecule has 0 amide bonds. The van der Waals surface area contributed by atoms with Crippen molar-refractivity contribution in [2.24, 2.45) is 11.8 Å². The zero-order valence-corrected chi connectivity index (χ0v) is 31.2. The zero-order valence-electron chi connectivity index (χ0n) is 31.2. The van der Waals surface area contributed by atoms with Crippen molar-refractivity contribution in [1.29, 1.82) is 0 Å². The van der Waals surface area contributed by atoms with Crippen LogP contribution in [0, 0.1) is 25.7 Å². The Labute approximate surface area is 301 Å². The Balaban J connectivity index is 1.42. The Hall–Kier alpha value is -3.51. The first-order valence-electron chi connectivity index (χ1n) is 18.8. The Morgan fingerprint density at radius 2 is 1.58 bits per heavy atom. The average molecular weight is 681 g/mol. The molecule has 5 nitrogen and oxygen atoms in total. The third kappa shape index (κ3) is 10.5. The maximum absolute atomic E-state index is 12.0.